The zero-order chi connectivity index (χ0) is 12.4. The lowest BCUT2D eigenvalue weighted by Gasteiger charge is -2.05. The molecule has 7 heteroatoms. The van der Waals surface area contributed by atoms with Gasteiger partial charge in [-0.25, -0.2) is 9.97 Å². The van der Waals surface area contributed by atoms with Crippen LogP contribution in [0, 0.1) is 0 Å². The predicted octanol–water partition coefficient (Wildman–Crippen LogP) is 4.17. The smallest absolute Gasteiger partial charge is 0.156 e. The maximum Gasteiger partial charge on any atom is 0.156 e. The first-order valence-electron chi connectivity index (χ1n) is 4.47. The molecule has 0 bridgehead atoms. The van der Waals surface area contributed by atoms with E-state index in [2.05, 4.69) is 9.97 Å². The fraction of sp³-hybridized carbons (Fsp3) is 0. The highest BCUT2D eigenvalue weighted by Gasteiger charge is 2.08. The molecule has 88 valence electrons. The lowest BCUT2D eigenvalue weighted by Crippen LogP contribution is -1.94. The van der Waals surface area contributed by atoms with Crippen molar-refractivity contribution in [2.75, 3.05) is 5.73 Å². The summed E-state index contributed by atoms with van der Waals surface area (Å²) in [5.74, 6) is 0. The fourth-order valence-electron chi connectivity index (χ4n) is 1.09. The van der Waals surface area contributed by atoms with Crippen LogP contribution in [0.2, 0.25) is 15.2 Å². The minimum absolute atomic E-state index is 0.238. The normalized spacial score (nSPS) is 10.5. The zero-order valence-corrected chi connectivity index (χ0v) is 11.4. The summed E-state index contributed by atoms with van der Waals surface area (Å²) in [5.41, 5.74) is 6.11. The predicted molar refractivity (Wildman–Crippen MR) is 72.0 cm³/mol. The molecule has 0 amide bonds. The van der Waals surface area contributed by atoms with Gasteiger partial charge in [0.25, 0.3) is 0 Å². The highest BCUT2D eigenvalue weighted by Crippen LogP contribution is 2.35. The molecule has 1 aromatic heterocycles. The van der Waals surface area contributed by atoms with E-state index in [4.69, 9.17) is 40.5 Å². The van der Waals surface area contributed by atoms with E-state index in [1.165, 1.54) is 18.1 Å². The van der Waals surface area contributed by atoms with E-state index in [1.807, 2.05) is 6.07 Å². The van der Waals surface area contributed by atoms with Gasteiger partial charge < -0.3 is 5.73 Å². The highest BCUT2D eigenvalue weighted by atomic mass is 35.5. The van der Waals surface area contributed by atoms with E-state index in [9.17, 15) is 0 Å². The number of rotatable bonds is 2. The van der Waals surface area contributed by atoms with Crippen molar-refractivity contribution in [1.82, 2.24) is 9.97 Å². The first-order chi connectivity index (χ1) is 8.08. The van der Waals surface area contributed by atoms with E-state index < -0.39 is 0 Å². The van der Waals surface area contributed by atoms with Crippen LogP contribution in [0.1, 0.15) is 0 Å². The SMILES string of the molecule is Nc1c(Cl)ncnc1Sc1ccc(Cl)c(Cl)c1. The van der Waals surface area contributed by atoms with E-state index >= 15 is 0 Å². The molecule has 0 aliphatic carbocycles. The van der Waals surface area contributed by atoms with Gasteiger partial charge in [-0.1, -0.05) is 46.6 Å². The van der Waals surface area contributed by atoms with Crippen molar-refractivity contribution in [1.29, 1.82) is 0 Å². The molecule has 2 rings (SSSR count). The molecule has 1 heterocycles. The van der Waals surface area contributed by atoms with Crippen molar-refractivity contribution in [2.24, 2.45) is 0 Å². The van der Waals surface area contributed by atoms with Crippen LogP contribution in [0.3, 0.4) is 0 Å². The third-order valence-corrected chi connectivity index (χ3v) is 3.95. The Morgan fingerprint density at radius 1 is 1.06 bits per heavy atom. The van der Waals surface area contributed by atoms with Gasteiger partial charge in [0.1, 0.15) is 17.0 Å². The Kier molecular flexibility index (Phi) is 3.99. The van der Waals surface area contributed by atoms with Gasteiger partial charge in [-0.2, -0.15) is 0 Å². The van der Waals surface area contributed by atoms with Crippen LogP contribution in [0.5, 0.6) is 0 Å². The minimum Gasteiger partial charge on any atom is -0.394 e. The van der Waals surface area contributed by atoms with Crippen molar-refractivity contribution < 1.29 is 0 Å². The lowest BCUT2D eigenvalue weighted by atomic mass is 10.4. The number of hydrogen-bond acceptors (Lipinski definition) is 4. The Labute approximate surface area is 117 Å². The molecule has 0 atom stereocenters. The summed E-state index contributed by atoms with van der Waals surface area (Å²) in [6.07, 6.45) is 1.36. The molecule has 0 fully saturated rings. The van der Waals surface area contributed by atoms with Gasteiger partial charge in [0.15, 0.2) is 5.15 Å². The monoisotopic (exact) mass is 305 g/mol. The van der Waals surface area contributed by atoms with Gasteiger partial charge in [-0.05, 0) is 18.2 Å². The number of halogens is 3. The Bertz CT molecular complexity index is 562. The summed E-state index contributed by atoms with van der Waals surface area (Å²) in [4.78, 5) is 8.71. The fourth-order valence-corrected chi connectivity index (χ4v) is 2.49. The van der Waals surface area contributed by atoms with Crippen LogP contribution < -0.4 is 5.73 Å². The summed E-state index contributed by atoms with van der Waals surface area (Å²) in [5, 5.41) is 1.81. The number of nitrogens with zero attached hydrogens (tertiary/aromatic N) is 2. The van der Waals surface area contributed by atoms with Crippen LogP contribution in [0.25, 0.3) is 0 Å². The van der Waals surface area contributed by atoms with Crippen molar-refractivity contribution in [3.8, 4) is 0 Å². The standard InChI is InChI=1S/C10H6Cl3N3S/c11-6-2-1-5(3-7(6)12)17-10-8(14)9(13)15-4-16-10/h1-4H,14H2. The van der Waals surface area contributed by atoms with Crippen molar-refractivity contribution in [3.63, 3.8) is 0 Å². The summed E-state index contributed by atoms with van der Waals surface area (Å²) in [7, 11) is 0. The topological polar surface area (TPSA) is 51.8 Å². The maximum atomic E-state index is 5.92. The molecule has 1 aromatic carbocycles. The van der Waals surface area contributed by atoms with Crippen LogP contribution in [0.15, 0.2) is 34.4 Å². The second-order valence-electron chi connectivity index (χ2n) is 3.06. The summed E-state index contributed by atoms with van der Waals surface area (Å²) < 4.78 is 0. The minimum atomic E-state index is 0.238. The van der Waals surface area contributed by atoms with Crippen LogP contribution in [-0.4, -0.2) is 9.97 Å². The summed E-state index contributed by atoms with van der Waals surface area (Å²) >= 11 is 18.9. The molecule has 2 N–H and O–H groups in total. The van der Waals surface area contributed by atoms with Crippen LogP contribution in [0.4, 0.5) is 5.69 Å². The molecule has 0 unspecified atom stereocenters. The Balaban J connectivity index is 2.31. The van der Waals surface area contributed by atoms with Crippen molar-refractivity contribution in [3.05, 3.63) is 39.7 Å². The molecule has 0 aliphatic heterocycles. The Morgan fingerprint density at radius 2 is 1.82 bits per heavy atom. The molecule has 0 saturated heterocycles. The molecule has 0 saturated carbocycles. The summed E-state index contributed by atoms with van der Waals surface area (Å²) in [6.45, 7) is 0. The quantitative estimate of drug-likeness (QED) is 0.846. The van der Waals surface area contributed by atoms with Crippen molar-refractivity contribution in [2.45, 2.75) is 9.92 Å². The average Bonchev–Trinajstić information content (AvgIpc) is 2.30. The number of hydrogen-bond donors (Lipinski definition) is 1. The first-order valence-corrected chi connectivity index (χ1v) is 6.42. The third-order valence-electron chi connectivity index (χ3n) is 1.90. The number of anilines is 1. The molecular formula is C10H6Cl3N3S. The van der Waals surface area contributed by atoms with Crippen LogP contribution >= 0.6 is 46.6 Å². The number of aromatic nitrogens is 2. The molecule has 17 heavy (non-hydrogen) atoms. The van der Waals surface area contributed by atoms with Gasteiger partial charge in [0.2, 0.25) is 0 Å². The maximum absolute atomic E-state index is 5.92. The molecule has 0 aliphatic rings. The average molecular weight is 307 g/mol. The van der Waals surface area contributed by atoms with E-state index in [0.29, 0.717) is 20.8 Å². The highest BCUT2D eigenvalue weighted by molar-refractivity contribution is 7.99. The Morgan fingerprint density at radius 3 is 2.53 bits per heavy atom. The van der Waals surface area contributed by atoms with Gasteiger partial charge in [-0.3, -0.25) is 0 Å². The second kappa shape index (κ2) is 5.31. The van der Waals surface area contributed by atoms with Gasteiger partial charge in [-0.15, -0.1) is 0 Å². The third kappa shape index (κ3) is 2.96. The Hall–Kier alpha value is -0.680. The van der Waals surface area contributed by atoms with E-state index in [0.717, 1.165) is 4.90 Å². The van der Waals surface area contributed by atoms with Crippen molar-refractivity contribution >= 4 is 52.3 Å². The van der Waals surface area contributed by atoms with Gasteiger partial charge >= 0.3 is 0 Å². The van der Waals surface area contributed by atoms with Gasteiger partial charge in [0.05, 0.1) is 10.0 Å². The molecule has 3 nitrogen and oxygen atoms in total. The lowest BCUT2D eigenvalue weighted by molar-refractivity contribution is 1.06. The number of nitrogen functional groups attached to an aromatic ring is 1. The van der Waals surface area contributed by atoms with E-state index in [-0.39, 0.29) is 5.15 Å². The summed E-state index contributed by atoms with van der Waals surface area (Å²) in [6, 6.07) is 5.28. The zero-order valence-electron chi connectivity index (χ0n) is 8.32. The first kappa shape index (κ1) is 12.8. The van der Waals surface area contributed by atoms with Crippen LogP contribution in [-0.2, 0) is 0 Å². The van der Waals surface area contributed by atoms with Gasteiger partial charge in [0, 0.05) is 4.90 Å². The number of benzene rings is 1. The second-order valence-corrected chi connectivity index (χ2v) is 5.30. The molecule has 2 aromatic rings. The molecular weight excluding hydrogens is 301 g/mol. The van der Waals surface area contributed by atoms with E-state index in [1.54, 1.807) is 12.1 Å². The number of nitrogens with two attached hydrogens (primary N) is 1. The molecule has 0 radical (unpaired) electrons. The largest absolute Gasteiger partial charge is 0.394 e. The molecule has 0 spiro atoms.